The van der Waals surface area contributed by atoms with Crippen LogP contribution in [0.2, 0.25) is 0 Å². The van der Waals surface area contributed by atoms with Crippen molar-refractivity contribution in [1.29, 1.82) is 0 Å². The Labute approximate surface area is 119 Å². The van der Waals surface area contributed by atoms with Crippen LogP contribution in [-0.4, -0.2) is 18.6 Å². The molecule has 0 fully saturated rings. The quantitative estimate of drug-likeness (QED) is 0.877. The standard InChI is InChI=1S/C16H20FN3/c1-3-18-10-13-8-9-16(19-11-13)20(2)12-14-6-4-5-7-15(14)17/h4-9,11,18H,3,10,12H2,1-2H3. The fraction of sp³-hybridized carbons (Fsp3) is 0.312. The van der Waals surface area contributed by atoms with Gasteiger partial charge in [0.15, 0.2) is 0 Å². The molecule has 0 saturated heterocycles. The Kier molecular flexibility index (Phi) is 5.07. The Balaban J connectivity index is 2.02. The molecule has 0 amide bonds. The molecule has 1 heterocycles. The van der Waals surface area contributed by atoms with Gasteiger partial charge in [0.25, 0.3) is 0 Å². The maximum atomic E-state index is 13.6. The number of hydrogen-bond donors (Lipinski definition) is 1. The summed E-state index contributed by atoms with van der Waals surface area (Å²) in [4.78, 5) is 6.36. The van der Waals surface area contributed by atoms with Crippen LogP contribution < -0.4 is 10.2 Å². The highest BCUT2D eigenvalue weighted by Crippen LogP contribution is 2.15. The number of benzene rings is 1. The number of aromatic nitrogens is 1. The van der Waals surface area contributed by atoms with E-state index >= 15 is 0 Å². The third-order valence-corrected chi connectivity index (χ3v) is 3.14. The van der Waals surface area contributed by atoms with E-state index in [1.807, 2.05) is 36.3 Å². The van der Waals surface area contributed by atoms with Gasteiger partial charge in [0.1, 0.15) is 11.6 Å². The third-order valence-electron chi connectivity index (χ3n) is 3.14. The Morgan fingerprint density at radius 2 is 2.00 bits per heavy atom. The van der Waals surface area contributed by atoms with E-state index in [2.05, 4.69) is 17.2 Å². The van der Waals surface area contributed by atoms with Crippen LogP contribution in [0.15, 0.2) is 42.6 Å². The minimum absolute atomic E-state index is 0.178. The molecule has 20 heavy (non-hydrogen) atoms. The zero-order valence-corrected chi connectivity index (χ0v) is 11.9. The second-order valence-corrected chi connectivity index (χ2v) is 4.75. The highest BCUT2D eigenvalue weighted by Gasteiger charge is 2.07. The van der Waals surface area contributed by atoms with Gasteiger partial charge in [-0.15, -0.1) is 0 Å². The van der Waals surface area contributed by atoms with E-state index in [1.165, 1.54) is 6.07 Å². The van der Waals surface area contributed by atoms with Crippen LogP contribution in [0.5, 0.6) is 0 Å². The van der Waals surface area contributed by atoms with E-state index in [9.17, 15) is 4.39 Å². The highest BCUT2D eigenvalue weighted by molar-refractivity contribution is 5.39. The van der Waals surface area contributed by atoms with Crippen molar-refractivity contribution >= 4 is 5.82 Å². The second-order valence-electron chi connectivity index (χ2n) is 4.75. The minimum atomic E-state index is -0.178. The van der Waals surface area contributed by atoms with E-state index in [0.717, 1.165) is 24.5 Å². The van der Waals surface area contributed by atoms with E-state index in [-0.39, 0.29) is 5.82 Å². The highest BCUT2D eigenvalue weighted by atomic mass is 19.1. The number of nitrogens with one attached hydrogen (secondary N) is 1. The van der Waals surface area contributed by atoms with E-state index < -0.39 is 0 Å². The topological polar surface area (TPSA) is 28.2 Å². The first-order chi connectivity index (χ1) is 9.70. The summed E-state index contributed by atoms with van der Waals surface area (Å²) in [6.45, 7) is 4.34. The molecule has 1 aromatic carbocycles. The smallest absolute Gasteiger partial charge is 0.128 e. The molecule has 0 spiro atoms. The zero-order chi connectivity index (χ0) is 14.4. The summed E-state index contributed by atoms with van der Waals surface area (Å²) in [7, 11) is 1.92. The van der Waals surface area contributed by atoms with E-state index in [1.54, 1.807) is 12.1 Å². The molecule has 2 aromatic rings. The maximum Gasteiger partial charge on any atom is 0.128 e. The van der Waals surface area contributed by atoms with Gasteiger partial charge in [-0.2, -0.15) is 0 Å². The Hall–Kier alpha value is -1.94. The minimum Gasteiger partial charge on any atom is -0.355 e. The fourth-order valence-electron chi connectivity index (χ4n) is 1.98. The number of hydrogen-bond acceptors (Lipinski definition) is 3. The summed E-state index contributed by atoms with van der Waals surface area (Å²) in [5.41, 5.74) is 1.82. The van der Waals surface area contributed by atoms with Crippen LogP contribution in [0, 0.1) is 5.82 Å². The summed E-state index contributed by atoms with van der Waals surface area (Å²) >= 11 is 0. The van der Waals surface area contributed by atoms with Crippen LogP contribution in [0.3, 0.4) is 0 Å². The molecule has 106 valence electrons. The SMILES string of the molecule is CCNCc1ccc(N(C)Cc2ccccc2F)nc1. The van der Waals surface area contributed by atoms with Crippen molar-refractivity contribution in [2.45, 2.75) is 20.0 Å². The van der Waals surface area contributed by atoms with Gasteiger partial charge in [0, 0.05) is 31.9 Å². The van der Waals surface area contributed by atoms with Gasteiger partial charge in [-0.05, 0) is 24.2 Å². The molecule has 0 atom stereocenters. The van der Waals surface area contributed by atoms with Crippen LogP contribution in [0.4, 0.5) is 10.2 Å². The largest absolute Gasteiger partial charge is 0.355 e. The maximum absolute atomic E-state index is 13.6. The molecule has 0 saturated carbocycles. The molecule has 1 N–H and O–H groups in total. The predicted octanol–water partition coefficient (Wildman–Crippen LogP) is 2.97. The number of rotatable bonds is 6. The van der Waals surface area contributed by atoms with Crippen LogP contribution in [0.25, 0.3) is 0 Å². The second kappa shape index (κ2) is 7.01. The molecule has 0 aliphatic carbocycles. The molecule has 1 aromatic heterocycles. The van der Waals surface area contributed by atoms with Crippen molar-refractivity contribution < 1.29 is 4.39 Å². The van der Waals surface area contributed by atoms with E-state index in [4.69, 9.17) is 0 Å². The molecular formula is C16H20FN3. The van der Waals surface area contributed by atoms with Crippen LogP contribution >= 0.6 is 0 Å². The summed E-state index contributed by atoms with van der Waals surface area (Å²) in [6, 6.07) is 10.8. The summed E-state index contributed by atoms with van der Waals surface area (Å²) < 4.78 is 13.6. The Bertz CT molecular complexity index is 540. The normalized spacial score (nSPS) is 10.6. The van der Waals surface area contributed by atoms with Crippen molar-refractivity contribution in [2.75, 3.05) is 18.5 Å². The van der Waals surface area contributed by atoms with Crippen molar-refractivity contribution in [2.24, 2.45) is 0 Å². The van der Waals surface area contributed by atoms with Gasteiger partial charge in [0.05, 0.1) is 0 Å². The van der Waals surface area contributed by atoms with Crippen molar-refractivity contribution in [3.8, 4) is 0 Å². The average molecular weight is 273 g/mol. The molecule has 0 aliphatic heterocycles. The zero-order valence-electron chi connectivity index (χ0n) is 11.9. The van der Waals surface area contributed by atoms with Gasteiger partial charge in [-0.1, -0.05) is 31.2 Å². The van der Waals surface area contributed by atoms with Gasteiger partial charge in [-0.25, -0.2) is 9.37 Å². The number of anilines is 1. The Morgan fingerprint density at radius 1 is 1.20 bits per heavy atom. The van der Waals surface area contributed by atoms with Crippen molar-refractivity contribution in [1.82, 2.24) is 10.3 Å². The number of pyridine rings is 1. The average Bonchev–Trinajstić information content (AvgIpc) is 2.48. The monoisotopic (exact) mass is 273 g/mol. The molecule has 3 nitrogen and oxygen atoms in total. The van der Waals surface area contributed by atoms with Crippen LogP contribution in [-0.2, 0) is 13.1 Å². The number of halogens is 1. The third kappa shape index (κ3) is 3.78. The summed E-state index contributed by atoms with van der Waals surface area (Å²) in [5, 5.41) is 3.26. The lowest BCUT2D eigenvalue weighted by Gasteiger charge is -2.18. The van der Waals surface area contributed by atoms with Crippen molar-refractivity contribution in [3.05, 3.63) is 59.5 Å². The molecule has 0 unspecified atom stereocenters. The Morgan fingerprint density at radius 3 is 2.65 bits per heavy atom. The van der Waals surface area contributed by atoms with Crippen LogP contribution in [0.1, 0.15) is 18.1 Å². The van der Waals surface area contributed by atoms with Crippen molar-refractivity contribution in [3.63, 3.8) is 0 Å². The van der Waals surface area contributed by atoms with Gasteiger partial charge >= 0.3 is 0 Å². The first-order valence-electron chi connectivity index (χ1n) is 6.81. The lowest BCUT2D eigenvalue weighted by molar-refractivity contribution is 0.607. The lowest BCUT2D eigenvalue weighted by Crippen LogP contribution is -2.19. The molecule has 0 bridgehead atoms. The predicted molar refractivity (Wildman–Crippen MR) is 80.1 cm³/mol. The molecular weight excluding hydrogens is 253 g/mol. The molecule has 0 aliphatic rings. The first kappa shape index (κ1) is 14.5. The fourth-order valence-corrected chi connectivity index (χ4v) is 1.98. The van der Waals surface area contributed by atoms with Gasteiger partial charge < -0.3 is 10.2 Å². The lowest BCUT2D eigenvalue weighted by atomic mass is 10.2. The summed E-state index contributed by atoms with van der Waals surface area (Å²) in [6.07, 6.45) is 1.86. The molecule has 4 heteroatoms. The molecule has 0 radical (unpaired) electrons. The van der Waals surface area contributed by atoms with Gasteiger partial charge in [-0.3, -0.25) is 0 Å². The number of nitrogens with zero attached hydrogens (tertiary/aromatic N) is 2. The van der Waals surface area contributed by atoms with Gasteiger partial charge in [0.2, 0.25) is 0 Å². The molecule has 2 rings (SSSR count). The first-order valence-corrected chi connectivity index (χ1v) is 6.81. The van der Waals surface area contributed by atoms with E-state index in [0.29, 0.717) is 12.1 Å². The summed E-state index contributed by atoms with van der Waals surface area (Å²) in [5.74, 6) is 0.664.